The quantitative estimate of drug-likeness (QED) is 0.482. The van der Waals surface area contributed by atoms with Crippen molar-refractivity contribution in [3.63, 3.8) is 0 Å². The first kappa shape index (κ1) is 17.5. The lowest BCUT2D eigenvalue weighted by Gasteiger charge is -2.05. The Bertz CT molecular complexity index is 1110. The van der Waals surface area contributed by atoms with Crippen molar-refractivity contribution in [2.75, 3.05) is 5.32 Å². The molecule has 4 rings (SSSR count). The van der Waals surface area contributed by atoms with Crippen LogP contribution in [0.4, 0.5) is 5.00 Å². The third-order valence-corrected chi connectivity index (χ3v) is 5.38. The molecule has 0 fully saturated rings. The molecule has 0 aliphatic carbocycles. The molecule has 0 aliphatic rings. The van der Waals surface area contributed by atoms with Gasteiger partial charge in [0.15, 0.2) is 0 Å². The molecule has 0 saturated heterocycles. The average molecular weight is 396 g/mol. The number of hydrogen-bond acceptors (Lipinski definition) is 5. The summed E-state index contributed by atoms with van der Waals surface area (Å²) >= 11 is 7.84. The number of pyridine rings is 1. The standard InChI is InChI=1S/C20H14ClN3O2S/c1-12-11-22-7-6-14(12)19(25)24-18-5-4-17(27-18)15-10-13(2-3-16(15)21)20-23-8-9-26-20/h2-11H,1H3,(H,24,25). The fraction of sp³-hybridized carbons (Fsp3) is 0.0500. The van der Waals surface area contributed by atoms with Crippen molar-refractivity contribution in [3.8, 4) is 21.9 Å². The summed E-state index contributed by atoms with van der Waals surface area (Å²) in [4.78, 5) is 21.6. The first-order valence-corrected chi connectivity index (χ1v) is 9.33. The number of aryl methyl sites for hydroxylation is 1. The maximum atomic E-state index is 12.5. The van der Waals surface area contributed by atoms with Gasteiger partial charge in [-0.1, -0.05) is 11.6 Å². The molecule has 1 N–H and O–H groups in total. The maximum Gasteiger partial charge on any atom is 0.256 e. The van der Waals surface area contributed by atoms with Crippen LogP contribution in [0.25, 0.3) is 21.9 Å². The van der Waals surface area contributed by atoms with Gasteiger partial charge in [-0.25, -0.2) is 4.98 Å². The van der Waals surface area contributed by atoms with Crippen LogP contribution >= 0.6 is 22.9 Å². The van der Waals surface area contributed by atoms with Gasteiger partial charge in [0.2, 0.25) is 5.89 Å². The van der Waals surface area contributed by atoms with Gasteiger partial charge in [-0.3, -0.25) is 9.78 Å². The van der Waals surface area contributed by atoms with Gasteiger partial charge in [0.05, 0.1) is 11.2 Å². The molecule has 0 bridgehead atoms. The van der Waals surface area contributed by atoms with Crippen LogP contribution in [0.2, 0.25) is 5.02 Å². The second kappa shape index (κ2) is 7.34. The first-order chi connectivity index (χ1) is 13.1. The predicted octanol–water partition coefficient (Wildman–Crippen LogP) is 5.68. The summed E-state index contributed by atoms with van der Waals surface area (Å²) in [5, 5.41) is 4.29. The van der Waals surface area contributed by atoms with Gasteiger partial charge in [-0.15, -0.1) is 11.3 Å². The summed E-state index contributed by atoms with van der Waals surface area (Å²) in [6.07, 6.45) is 6.41. The van der Waals surface area contributed by atoms with E-state index in [1.165, 1.54) is 17.6 Å². The summed E-state index contributed by atoms with van der Waals surface area (Å²) in [5.74, 6) is 0.370. The van der Waals surface area contributed by atoms with E-state index in [1.807, 2.05) is 37.3 Å². The molecule has 0 spiro atoms. The monoisotopic (exact) mass is 395 g/mol. The first-order valence-electron chi connectivity index (χ1n) is 8.13. The number of carbonyl (C=O) groups is 1. The minimum atomic E-state index is -0.164. The summed E-state index contributed by atoms with van der Waals surface area (Å²) in [6.45, 7) is 1.86. The number of aromatic nitrogens is 2. The number of amides is 1. The minimum Gasteiger partial charge on any atom is -0.445 e. The molecular weight excluding hydrogens is 382 g/mol. The smallest absolute Gasteiger partial charge is 0.256 e. The Morgan fingerprint density at radius 2 is 2.07 bits per heavy atom. The van der Waals surface area contributed by atoms with E-state index in [0.29, 0.717) is 16.5 Å². The molecule has 5 nitrogen and oxygen atoms in total. The third-order valence-electron chi connectivity index (χ3n) is 4.02. The Balaban J connectivity index is 1.60. The van der Waals surface area contributed by atoms with Crippen molar-refractivity contribution in [1.29, 1.82) is 0 Å². The molecule has 0 aliphatic heterocycles. The van der Waals surface area contributed by atoms with E-state index in [0.717, 1.165) is 26.6 Å². The van der Waals surface area contributed by atoms with Crippen LogP contribution in [0, 0.1) is 6.92 Å². The number of carbonyl (C=O) groups excluding carboxylic acids is 1. The zero-order chi connectivity index (χ0) is 18.8. The Kier molecular flexibility index (Phi) is 4.75. The topological polar surface area (TPSA) is 68.0 Å². The van der Waals surface area contributed by atoms with Gasteiger partial charge in [-0.05, 0) is 48.9 Å². The Morgan fingerprint density at radius 3 is 2.85 bits per heavy atom. The van der Waals surface area contributed by atoms with E-state index >= 15 is 0 Å². The van der Waals surface area contributed by atoms with Crippen molar-refractivity contribution < 1.29 is 9.21 Å². The number of halogens is 1. The normalized spacial score (nSPS) is 10.7. The Morgan fingerprint density at radius 1 is 1.19 bits per heavy atom. The highest BCUT2D eigenvalue weighted by molar-refractivity contribution is 7.19. The molecular formula is C20H14ClN3O2S. The Labute approximate surface area is 164 Å². The van der Waals surface area contributed by atoms with E-state index < -0.39 is 0 Å². The van der Waals surface area contributed by atoms with E-state index in [4.69, 9.17) is 16.0 Å². The summed E-state index contributed by atoms with van der Waals surface area (Å²) in [6, 6.07) is 11.1. The van der Waals surface area contributed by atoms with Crippen LogP contribution in [-0.4, -0.2) is 15.9 Å². The number of rotatable bonds is 4. The molecule has 1 aromatic carbocycles. The lowest BCUT2D eigenvalue weighted by atomic mass is 10.1. The number of oxazole rings is 1. The summed E-state index contributed by atoms with van der Waals surface area (Å²) in [7, 11) is 0. The molecule has 7 heteroatoms. The SMILES string of the molecule is Cc1cnccc1C(=O)Nc1ccc(-c2cc(-c3ncco3)ccc2Cl)s1. The lowest BCUT2D eigenvalue weighted by Crippen LogP contribution is -2.12. The zero-order valence-corrected chi connectivity index (χ0v) is 15.8. The third kappa shape index (κ3) is 3.63. The molecule has 0 radical (unpaired) electrons. The molecule has 3 aromatic heterocycles. The summed E-state index contributed by atoms with van der Waals surface area (Å²) < 4.78 is 5.36. The molecule has 0 unspecified atom stereocenters. The number of benzene rings is 1. The largest absolute Gasteiger partial charge is 0.445 e. The highest BCUT2D eigenvalue weighted by atomic mass is 35.5. The van der Waals surface area contributed by atoms with Crippen LogP contribution in [0.1, 0.15) is 15.9 Å². The molecule has 4 aromatic rings. The van der Waals surface area contributed by atoms with Crippen molar-refractivity contribution in [1.82, 2.24) is 9.97 Å². The highest BCUT2D eigenvalue weighted by Gasteiger charge is 2.13. The van der Waals surface area contributed by atoms with E-state index in [-0.39, 0.29) is 5.91 Å². The predicted molar refractivity (Wildman–Crippen MR) is 107 cm³/mol. The van der Waals surface area contributed by atoms with Crippen LogP contribution in [0.5, 0.6) is 0 Å². The van der Waals surface area contributed by atoms with Crippen LogP contribution in [0.3, 0.4) is 0 Å². The number of thiophene rings is 1. The van der Waals surface area contributed by atoms with Gasteiger partial charge in [0.1, 0.15) is 6.26 Å². The number of nitrogens with one attached hydrogen (secondary N) is 1. The van der Waals surface area contributed by atoms with E-state index in [1.54, 1.807) is 24.7 Å². The Hall–Kier alpha value is -2.96. The van der Waals surface area contributed by atoms with Gasteiger partial charge in [0, 0.05) is 39.0 Å². The molecule has 0 saturated carbocycles. The van der Waals surface area contributed by atoms with Crippen LogP contribution < -0.4 is 5.32 Å². The molecule has 1 amide bonds. The van der Waals surface area contributed by atoms with Crippen molar-refractivity contribution in [2.45, 2.75) is 6.92 Å². The van der Waals surface area contributed by atoms with Gasteiger partial charge in [-0.2, -0.15) is 0 Å². The average Bonchev–Trinajstić information content (AvgIpc) is 3.34. The zero-order valence-electron chi connectivity index (χ0n) is 14.3. The molecule has 134 valence electrons. The van der Waals surface area contributed by atoms with E-state index in [2.05, 4.69) is 15.3 Å². The van der Waals surface area contributed by atoms with Gasteiger partial charge < -0.3 is 9.73 Å². The molecule has 27 heavy (non-hydrogen) atoms. The number of nitrogens with zero attached hydrogens (tertiary/aromatic N) is 2. The van der Waals surface area contributed by atoms with Crippen LogP contribution in [-0.2, 0) is 0 Å². The maximum absolute atomic E-state index is 12.5. The molecule has 0 atom stereocenters. The van der Waals surface area contributed by atoms with Crippen LogP contribution in [0.15, 0.2) is 65.7 Å². The molecule has 3 heterocycles. The second-order valence-corrected chi connectivity index (χ2v) is 7.33. The second-order valence-electron chi connectivity index (χ2n) is 5.84. The van der Waals surface area contributed by atoms with Gasteiger partial charge >= 0.3 is 0 Å². The van der Waals surface area contributed by atoms with Crippen molar-refractivity contribution >= 4 is 33.8 Å². The van der Waals surface area contributed by atoms with Gasteiger partial charge in [0.25, 0.3) is 5.91 Å². The van der Waals surface area contributed by atoms with E-state index in [9.17, 15) is 4.79 Å². The number of anilines is 1. The fourth-order valence-electron chi connectivity index (χ4n) is 2.67. The van der Waals surface area contributed by atoms with Crippen molar-refractivity contribution in [2.24, 2.45) is 0 Å². The minimum absolute atomic E-state index is 0.164. The fourth-order valence-corrected chi connectivity index (χ4v) is 3.88. The number of hydrogen-bond donors (Lipinski definition) is 1. The lowest BCUT2D eigenvalue weighted by molar-refractivity contribution is 0.102. The summed E-state index contributed by atoms with van der Waals surface area (Å²) in [5.41, 5.74) is 3.13. The highest BCUT2D eigenvalue weighted by Crippen LogP contribution is 2.38. The van der Waals surface area contributed by atoms with Crippen molar-refractivity contribution in [3.05, 3.63) is 77.4 Å².